The molecule has 2 rings (SSSR count). The highest BCUT2D eigenvalue weighted by atomic mass is 16.5. The maximum atomic E-state index is 5.50. The maximum Gasteiger partial charge on any atom is 0.105 e. The van der Waals surface area contributed by atoms with E-state index in [1.54, 1.807) is 7.11 Å². The van der Waals surface area contributed by atoms with Crippen LogP contribution in [-0.4, -0.2) is 42.5 Å². The summed E-state index contributed by atoms with van der Waals surface area (Å²) in [6.45, 7) is 5.81. The standard InChI is InChI=1S/C13H23N3O2/c1-11-14-9-13(10-15-12-3-4-12)16(11)5-6-18-8-7-17-2/h9,12,15H,3-8,10H2,1-2H3. The summed E-state index contributed by atoms with van der Waals surface area (Å²) in [5.41, 5.74) is 1.25. The van der Waals surface area contributed by atoms with Gasteiger partial charge in [0.1, 0.15) is 5.82 Å². The van der Waals surface area contributed by atoms with Gasteiger partial charge in [0.15, 0.2) is 0 Å². The molecule has 102 valence electrons. The summed E-state index contributed by atoms with van der Waals surface area (Å²) < 4.78 is 12.7. The predicted octanol–water partition coefficient (Wildman–Crippen LogP) is 1.11. The van der Waals surface area contributed by atoms with Crippen molar-refractivity contribution in [2.45, 2.75) is 38.9 Å². The fourth-order valence-corrected chi connectivity index (χ4v) is 1.90. The normalized spacial score (nSPS) is 15.2. The first-order valence-corrected chi connectivity index (χ1v) is 6.62. The number of aryl methyl sites for hydroxylation is 1. The van der Waals surface area contributed by atoms with Crippen LogP contribution >= 0.6 is 0 Å². The van der Waals surface area contributed by atoms with Crippen molar-refractivity contribution in [1.29, 1.82) is 0 Å². The average molecular weight is 253 g/mol. The van der Waals surface area contributed by atoms with Gasteiger partial charge in [-0.25, -0.2) is 4.98 Å². The van der Waals surface area contributed by atoms with Crippen molar-refractivity contribution in [3.8, 4) is 0 Å². The Labute approximate surface area is 108 Å². The number of ether oxygens (including phenoxy) is 2. The van der Waals surface area contributed by atoms with Crippen LogP contribution in [0.1, 0.15) is 24.4 Å². The van der Waals surface area contributed by atoms with Gasteiger partial charge in [0.05, 0.1) is 25.5 Å². The van der Waals surface area contributed by atoms with Gasteiger partial charge in [0, 0.05) is 32.4 Å². The molecular weight excluding hydrogens is 230 g/mol. The molecule has 1 N–H and O–H groups in total. The molecule has 0 aromatic carbocycles. The number of imidazole rings is 1. The minimum Gasteiger partial charge on any atom is -0.382 e. The quantitative estimate of drug-likeness (QED) is 0.670. The Bertz CT molecular complexity index is 361. The van der Waals surface area contributed by atoms with E-state index in [2.05, 4.69) is 14.9 Å². The van der Waals surface area contributed by atoms with Gasteiger partial charge in [-0.15, -0.1) is 0 Å². The minimum atomic E-state index is 0.652. The van der Waals surface area contributed by atoms with E-state index in [0.717, 1.165) is 25.0 Å². The Morgan fingerprint density at radius 2 is 2.22 bits per heavy atom. The molecule has 1 aliphatic rings. The third kappa shape index (κ3) is 4.08. The zero-order chi connectivity index (χ0) is 12.8. The molecule has 1 saturated carbocycles. The van der Waals surface area contributed by atoms with Crippen LogP contribution in [0, 0.1) is 6.92 Å². The topological polar surface area (TPSA) is 48.3 Å². The molecule has 0 bridgehead atoms. The first kappa shape index (κ1) is 13.5. The molecule has 0 radical (unpaired) electrons. The molecule has 1 fully saturated rings. The molecule has 0 amide bonds. The van der Waals surface area contributed by atoms with Crippen molar-refractivity contribution in [3.05, 3.63) is 17.7 Å². The monoisotopic (exact) mass is 253 g/mol. The van der Waals surface area contributed by atoms with Gasteiger partial charge in [-0.05, 0) is 19.8 Å². The Morgan fingerprint density at radius 1 is 1.39 bits per heavy atom. The lowest BCUT2D eigenvalue weighted by Crippen LogP contribution is -2.20. The number of hydrogen-bond donors (Lipinski definition) is 1. The molecule has 1 aromatic rings. The Hall–Kier alpha value is -0.910. The van der Waals surface area contributed by atoms with Crippen molar-refractivity contribution in [2.75, 3.05) is 26.9 Å². The molecule has 1 heterocycles. The van der Waals surface area contributed by atoms with Crippen molar-refractivity contribution in [1.82, 2.24) is 14.9 Å². The SMILES string of the molecule is COCCOCCn1c(CNC2CC2)cnc1C. The summed E-state index contributed by atoms with van der Waals surface area (Å²) in [6.07, 6.45) is 4.58. The molecule has 0 spiro atoms. The minimum absolute atomic E-state index is 0.652. The fourth-order valence-electron chi connectivity index (χ4n) is 1.90. The van der Waals surface area contributed by atoms with Crippen molar-refractivity contribution < 1.29 is 9.47 Å². The van der Waals surface area contributed by atoms with E-state index in [4.69, 9.17) is 9.47 Å². The van der Waals surface area contributed by atoms with Crippen LogP contribution in [0.3, 0.4) is 0 Å². The molecule has 1 aliphatic carbocycles. The van der Waals surface area contributed by atoms with Crippen LogP contribution in [0.2, 0.25) is 0 Å². The highest BCUT2D eigenvalue weighted by Crippen LogP contribution is 2.19. The zero-order valence-corrected chi connectivity index (χ0v) is 11.3. The van der Waals surface area contributed by atoms with E-state index in [1.807, 2.05) is 13.1 Å². The Kier molecular flexibility index (Phi) is 5.16. The molecule has 0 aliphatic heterocycles. The summed E-state index contributed by atoms with van der Waals surface area (Å²) in [6, 6.07) is 0.728. The summed E-state index contributed by atoms with van der Waals surface area (Å²) in [5, 5.41) is 3.52. The van der Waals surface area contributed by atoms with E-state index >= 15 is 0 Å². The number of aromatic nitrogens is 2. The first-order chi connectivity index (χ1) is 8.81. The van der Waals surface area contributed by atoms with Crippen LogP contribution in [0.15, 0.2) is 6.20 Å². The predicted molar refractivity (Wildman–Crippen MR) is 69.5 cm³/mol. The van der Waals surface area contributed by atoms with Gasteiger partial charge in [0.2, 0.25) is 0 Å². The molecule has 1 aromatic heterocycles. The molecule has 5 heteroatoms. The number of nitrogens with zero attached hydrogens (tertiary/aromatic N) is 2. The van der Waals surface area contributed by atoms with Gasteiger partial charge in [-0.2, -0.15) is 0 Å². The van der Waals surface area contributed by atoms with Crippen molar-refractivity contribution in [3.63, 3.8) is 0 Å². The summed E-state index contributed by atoms with van der Waals surface area (Å²) in [7, 11) is 1.69. The van der Waals surface area contributed by atoms with Crippen molar-refractivity contribution in [2.24, 2.45) is 0 Å². The molecular formula is C13H23N3O2. The van der Waals surface area contributed by atoms with E-state index in [0.29, 0.717) is 19.8 Å². The second-order valence-electron chi connectivity index (χ2n) is 4.71. The second kappa shape index (κ2) is 6.87. The summed E-state index contributed by atoms with van der Waals surface area (Å²) in [4.78, 5) is 4.37. The third-order valence-corrected chi connectivity index (χ3v) is 3.18. The highest BCUT2D eigenvalue weighted by molar-refractivity contribution is 5.05. The van der Waals surface area contributed by atoms with Gasteiger partial charge in [0.25, 0.3) is 0 Å². The van der Waals surface area contributed by atoms with E-state index in [1.165, 1.54) is 18.5 Å². The van der Waals surface area contributed by atoms with Crippen LogP contribution in [0.5, 0.6) is 0 Å². The molecule has 5 nitrogen and oxygen atoms in total. The molecule has 0 atom stereocenters. The van der Waals surface area contributed by atoms with E-state index in [-0.39, 0.29) is 0 Å². The lowest BCUT2D eigenvalue weighted by Gasteiger charge is -2.11. The van der Waals surface area contributed by atoms with E-state index < -0.39 is 0 Å². The average Bonchev–Trinajstić information content (AvgIpc) is 3.13. The number of nitrogens with one attached hydrogen (secondary N) is 1. The third-order valence-electron chi connectivity index (χ3n) is 3.18. The van der Waals surface area contributed by atoms with Crippen LogP contribution < -0.4 is 5.32 Å². The van der Waals surface area contributed by atoms with Gasteiger partial charge < -0.3 is 19.4 Å². The van der Waals surface area contributed by atoms with Gasteiger partial charge in [-0.3, -0.25) is 0 Å². The molecule has 18 heavy (non-hydrogen) atoms. The Balaban J connectivity index is 1.75. The van der Waals surface area contributed by atoms with Gasteiger partial charge in [-0.1, -0.05) is 0 Å². The summed E-state index contributed by atoms with van der Waals surface area (Å²) >= 11 is 0. The van der Waals surface area contributed by atoms with Crippen molar-refractivity contribution >= 4 is 0 Å². The molecule has 0 saturated heterocycles. The number of rotatable bonds is 9. The lowest BCUT2D eigenvalue weighted by molar-refractivity contribution is 0.0661. The molecule has 0 unspecified atom stereocenters. The van der Waals surface area contributed by atoms with Crippen LogP contribution in [-0.2, 0) is 22.6 Å². The van der Waals surface area contributed by atoms with Crippen LogP contribution in [0.4, 0.5) is 0 Å². The lowest BCUT2D eigenvalue weighted by atomic mass is 10.4. The number of hydrogen-bond acceptors (Lipinski definition) is 4. The maximum absolute atomic E-state index is 5.50. The van der Waals surface area contributed by atoms with Crippen LogP contribution in [0.25, 0.3) is 0 Å². The smallest absolute Gasteiger partial charge is 0.105 e. The van der Waals surface area contributed by atoms with Gasteiger partial charge >= 0.3 is 0 Å². The first-order valence-electron chi connectivity index (χ1n) is 6.62. The summed E-state index contributed by atoms with van der Waals surface area (Å²) in [5.74, 6) is 1.05. The second-order valence-corrected chi connectivity index (χ2v) is 4.71. The zero-order valence-electron chi connectivity index (χ0n) is 11.3. The fraction of sp³-hybridized carbons (Fsp3) is 0.769. The highest BCUT2D eigenvalue weighted by Gasteiger charge is 2.20. The van der Waals surface area contributed by atoms with E-state index in [9.17, 15) is 0 Å². The number of methoxy groups -OCH3 is 1. The Morgan fingerprint density at radius 3 is 2.94 bits per heavy atom. The largest absolute Gasteiger partial charge is 0.382 e.